The largest absolute Gasteiger partial charge is 0.478 e. The SMILES string of the molecule is CC.Nc1ccc(/C=C/C(=O)O)cc1. The Hall–Kier alpha value is -1.77. The Kier molecular flexibility index (Phi) is 5.87. The standard InChI is InChI=1S/C9H9NO2.C2H6/c10-8-4-1-7(2-5-8)3-6-9(11)12;1-2/h1-6H,10H2,(H,11,12);1-2H3/b6-3+;. The summed E-state index contributed by atoms with van der Waals surface area (Å²) in [5.74, 6) is -0.952. The highest BCUT2D eigenvalue weighted by atomic mass is 16.4. The lowest BCUT2D eigenvalue weighted by molar-refractivity contribution is -0.131. The van der Waals surface area contributed by atoms with Gasteiger partial charge in [-0.2, -0.15) is 0 Å². The Morgan fingerprint density at radius 1 is 1.29 bits per heavy atom. The van der Waals surface area contributed by atoms with Gasteiger partial charge in [0.25, 0.3) is 0 Å². The summed E-state index contributed by atoms with van der Waals surface area (Å²) in [4.78, 5) is 10.1. The van der Waals surface area contributed by atoms with Crippen LogP contribution in [0, 0.1) is 0 Å². The van der Waals surface area contributed by atoms with E-state index in [0.717, 1.165) is 11.6 Å². The molecule has 0 saturated carbocycles. The van der Waals surface area contributed by atoms with Gasteiger partial charge in [-0.05, 0) is 23.8 Å². The van der Waals surface area contributed by atoms with Crippen LogP contribution in [0.2, 0.25) is 0 Å². The molecule has 3 nitrogen and oxygen atoms in total. The lowest BCUT2D eigenvalue weighted by Gasteiger charge is -1.92. The summed E-state index contributed by atoms with van der Waals surface area (Å²) in [7, 11) is 0. The van der Waals surface area contributed by atoms with Crippen LogP contribution in [0.15, 0.2) is 30.3 Å². The molecule has 0 aliphatic rings. The zero-order chi connectivity index (χ0) is 11.0. The van der Waals surface area contributed by atoms with E-state index >= 15 is 0 Å². The molecule has 3 heteroatoms. The smallest absolute Gasteiger partial charge is 0.328 e. The minimum atomic E-state index is -0.952. The number of aliphatic carboxylic acids is 1. The van der Waals surface area contributed by atoms with Crippen LogP contribution in [0.3, 0.4) is 0 Å². The van der Waals surface area contributed by atoms with Gasteiger partial charge in [0.05, 0.1) is 0 Å². The van der Waals surface area contributed by atoms with E-state index in [9.17, 15) is 4.79 Å². The second-order valence-electron chi connectivity index (χ2n) is 2.34. The quantitative estimate of drug-likeness (QED) is 0.560. The van der Waals surface area contributed by atoms with Crippen LogP contribution in [0.25, 0.3) is 6.08 Å². The lowest BCUT2D eigenvalue weighted by Crippen LogP contribution is -1.86. The average Bonchev–Trinajstić information content (AvgIpc) is 2.20. The number of nitrogens with two attached hydrogens (primary N) is 1. The monoisotopic (exact) mass is 193 g/mol. The molecule has 0 bridgehead atoms. The van der Waals surface area contributed by atoms with Gasteiger partial charge in [-0.1, -0.05) is 26.0 Å². The third-order valence-corrected chi connectivity index (χ3v) is 1.35. The summed E-state index contributed by atoms with van der Waals surface area (Å²) in [5.41, 5.74) is 6.94. The van der Waals surface area contributed by atoms with Crippen LogP contribution in [0.4, 0.5) is 5.69 Å². The van der Waals surface area contributed by atoms with E-state index in [0.29, 0.717) is 5.69 Å². The summed E-state index contributed by atoms with van der Waals surface area (Å²) >= 11 is 0. The number of nitrogen functional groups attached to an aromatic ring is 1. The fourth-order valence-corrected chi connectivity index (χ4v) is 0.775. The van der Waals surface area contributed by atoms with Crippen molar-refractivity contribution >= 4 is 17.7 Å². The van der Waals surface area contributed by atoms with E-state index < -0.39 is 5.97 Å². The van der Waals surface area contributed by atoms with E-state index in [2.05, 4.69) is 0 Å². The normalized spacial score (nSPS) is 9.29. The minimum Gasteiger partial charge on any atom is -0.478 e. The number of anilines is 1. The van der Waals surface area contributed by atoms with E-state index in [1.807, 2.05) is 13.8 Å². The van der Waals surface area contributed by atoms with Gasteiger partial charge in [0.1, 0.15) is 0 Å². The molecule has 76 valence electrons. The van der Waals surface area contributed by atoms with Crippen molar-refractivity contribution < 1.29 is 9.90 Å². The fourth-order valence-electron chi connectivity index (χ4n) is 0.775. The number of carbonyl (C=O) groups is 1. The molecular weight excluding hydrogens is 178 g/mol. The van der Waals surface area contributed by atoms with Gasteiger partial charge in [0, 0.05) is 11.8 Å². The van der Waals surface area contributed by atoms with Crippen molar-refractivity contribution in [1.29, 1.82) is 0 Å². The van der Waals surface area contributed by atoms with Crippen molar-refractivity contribution in [2.75, 3.05) is 5.73 Å². The van der Waals surface area contributed by atoms with Gasteiger partial charge in [0.15, 0.2) is 0 Å². The first-order valence-electron chi connectivity index (χ1n) is 4.45. The first-order valence-corrected chi connectivity index (χ1v) is 4.45. The minimum absolute atomic E-state index is 0.669. The maximum atomic E-state index is 10.1. The molecule has 0 amide bonds. The maximum absolute atomic E-state index is 10.1. The Balaban J connectivity index is 0.000000791. The highest BCUT2D eigenvalue weighted by Crippen LogP contribution is 2.06. The Morgan fingerprint density at radius 2 is 1.79 bits per heavy atom. The Labute approximate surface area is 83.9 Å². The molecule has 0 radical (unpaired) electrons. The maximum Gasteiger partial charge on any atom is 0.328 e. The third kappa shape index (κ3) is 4.98. The second kappa shape index (κ2) is 6.71. The van der Waals surface area contributed by atoms with E-state index in [4.69, 9.17) is 10.8 Å². The van der Waals surface area contributed by atoms with E-state index in [1.165, 1.54) is 6.08 Å². The summed E-state index contributed by atoms with van der Waals surface area (Å²) in [6.45, 7) is 4.00. The summed E-state index contributed by atoms with van der Waals surface area (Å²) in [6, 6.07) is 6.96. The van der Waals surface area contributed by atoms with Crippen LogP contribution in [0.5, 0.6) is 0 Å². The lowest BCUT2D eigenvalue weighted by atomic mass is 10.2. The first kappa shape index (κ1) is 12.2. The number of carboxylic acids is 1. The molecule has 0 fully saturated rings. The number of carboxylic acid groups (broad SMARTS) is 1. The highest BCUT2D eigenvalue weighted by molar-refractivity contribution is 5.85. The molecule has 1 rings (SSSR count). The third-order valence-electron chi connectivity index (χ3n) is 1.35. The molecule has 0 aliphatic carbocycles. The molecule has 0 saturated heterocycles. The Morgan fingerprint density at radius 3 is 2.21 bits per heavy atom. The molecule has 0 spiro atoms. The highest BCUT2D eigenvalue weighted by Gasteiger charge is 1.88. The average molecular weight is 193 g/mol. The zero-order valence-corrected chi connectivity index (χ0v) is 8.40. The molecular formula is C11H15NO2. The van der Waals surface area contributed by atoms with Gasteiger partial charge in [0.2, 0.25) is 0 Å². The van der Waals surface area contributed by atoms with Gasteiger partial charge < -0.3 is 10.8 Å². The van der Waals surface area contributed by atoms with Crippen molar-refractivity contribution in [1.82, 2.24) is 0 Å². The molecule has 1 aromatic carbocycles. The van der Waals surface area contributed by atoms with Gasteiger partial charge in [-0.15, -0.1) is 0 Å². The first-order chi connectivity index (χ1) is 6.68. The molecule has 1 aromatic rings. The molecule has 0 aliphatic heterocycles. The second-order valence-corrected chi connectivity index (χ2v) is 2.34. The molecule has 0 aromatic heterocycles. The molecule has 0 heterocycles. The van der Waals surface area contributed by atoms with E-state index in [-0.39, 0.29) is 0 Å². The van der Waals surface area contributed by atoms with Crippen molar-refractivity contribution in [3.05, 3.63) is 35.9 Å². The van der Waals surface area contributed by atoms with Gasteiger partial charge in [-0.25, -0.2) is 4.79 Å². The van der Waals surface area contributed by atoms with E-state index in [1.54, 1.807) is 24.3 Å². The molecule has 14 heavy (non-hydrogen) atoms. The zero-order valence-electron chi connectivity index (χ0n) is 8.40. The van der Waals surface area contributed by atoms with Crippen LogP contribution >= 0.6 is 0 Å². The molecule has 3 N–H and O–H groups in total. The topological polar surface area (TPSA) is 63.3 Å². The number of hydrogen-bond acceptors (Lipinski definition) is 2. The van der Waals surface area contributed by atoms with Crippen molar-refractivity contribution in [2.24, 2.45) is 0 Å². The summed E-state index contributed by atoms with van der Waals surface area (Å²) < 4.78 is 0. The number of hydrogen-bond donors (Lipinski definition) is 2. The fraction of sp³-hybridized carbons (Fsp3) is 0.182. The predicted octanol–water partition coefficient (Wildman–Crippen LogP) is 2.39. The van der Waals surface area contributed by atoms with Crippen LogP contribution in [0.1, 0.15) is 19.4 Å². The number of benzene rings is 1. The molecule has 0 atom stereocenters. The summed E-state index contributed by atoms with van der Waals surface area (Å²) in [6.07, 6.45) is 2.60. The number of rotatable bonds is 2. The molecule has 0 unspecified atom stereocenters. The van der Waals surface area contributed by atoms with Crippen molar-refractivity contribution in [3.63, 3.8) is 0 Å². The van der Waals surface area contributed by atoms with Crippen LogP contribution in [-0.4, -0.2) is 11.1 Å². The van der Waals surface area contributed by atoms with Crippen molar-refractivity contribution in [2.45, 2.75) is 13.8 Å². The summed E-state index contributed by atoms with van der Waals surface area (Å²) in [5, 5.41) is 8.32. The van der Waals surface area contributed by atoms with Gasteiger partial charge >= 0.3 is 5.97 Å². The van der Waals surface area contributed by atoms with Crippen LogP contribution < -0.4 is 5.73 Å². The van der Waals surface area contributed by atoms with Gasteiger partial charge in [-0.3, -0.25) is 0 Å². The van der Waals surface area contributed by atoms with Crippen molar-refractivity contribution in [3.8, 4) is 0 Å². The predicted molar refractivity (Wildman–Crippen MR) is 58.9 cm³/mol. The Bertz CT molecular complexity index is 302. The van der Waals surface area contributed by atoms with Crippen LogP contribution in [-0.2, 0) is 4.79 Å².